The van der Waals surface area contributed by atoms with Gasteiger partial charge in [-0.05, 0) is 29.7 Å². The summed E-state index contributed by atoms with van der Waals surface area (Å²) >= 11 is 0. The molecule has 21 heavy (non-hydrogen) atoms. The van der Waals surface area contributed by atoms with Crippen LogP contribution < -0.4 is 11.1 Å². The van der Waals surface area contributed by atoms with Crippen molar-refractivity contribution in [2.75, 3.05) is 0 Å². The average Bonchev–Trinajstić information content (AvgIpc) is 2.50. The average molecular weight is 282 g/mol. The van der Waals surface area contributed by atoms with E-state index in [-0.39, 0.29) is 5.91 Å². The van der Waals surface area contributed by atoms with E-state index in [9.17, 15) is 9.59 Å². The van der Waals surface area contributed by atoms with Gasteiger partial charge in [0.15, 0.2) is 0 Å². The molecule has 0 aliphatic rings. The van der Waals surface area contributed by atoms with Gasteiger partial charge in [-0.3, -0.25) is 9.59 Å². The van der Waals surface area contributed by atoms with Crippen LogP contribution in [0, 0.1) is 0 Å². The number of nitrogens with one attached hydrogen (secondary N) is 1. The molecule has 0 bridgehead atoms. The molecule has 2 aromatic rings. The highest BCUT2D eigenvalue weighted by molar-refractivity contribution is 6.08. The smallest absolute Gasteiger partial charge is 0.252 e. The fraction of sp³-hybridized carbons (Fsp3) is 0.176. The summed E-state index contributed by atoms with van der Waals surface area (Å²) in [5.74, 6) is -0.829. The second-order valence-electron chi connectivity index (χ2n) is 4.82. The SMILES string of the molecule is C=CCC[C@@H](NC(=O)c1cccc2ccccc12)C(N)=O. The maximum Gasteiger partial charge on any atom is 0.252 e. The molecule has 0 radical (unpaired) electrons. The van der Waals surface area contributed by atoms with Crippen molar-refractivity contribution >= 4 is 22.6 Å². The van der Waals surface area contributed by atoms with Crippen molar-refractivity contribution in [3.05, 3.63) is 60.7 Å². The number of fused-ring (bicyclic) bond motifs is 1. The van der Waals surface area contributed by atoms with Crippen LogP contribution in [-0.2, 0) is 4.79 Å². The lowest BCUT2D eigenvalue weighted by Crippen LogP contribution is -2.44. The Kier molecular flexibility index (Phi) is 4.72. The zero-order valence-electron chi connectivity index (χ0n) is 11.7. The van der Waals surface area contributed by atoms with Crippen molar-refractivity contribution in [2.24, 2.45) is 5.73 Å². The van der Waals surface area contributed by atoms with Crippen LogP contribution in [0.1, 0.15) is 23.2 Å². The Balaban J connectivity index is 2.25. The molecule has 0 spiro atoms. The molecule has 4 heteroatoms. The number of hydrogen-bond donors (Lipinski definition) is 2. The highest BCUT2D eigenvalue weighted by Gasteiger charge is 2.19. The van der Waals surface area contributed by atoms with E-state index < -0.39 is 11.9 Å². The van der Waals surface area contributed by atoms with Crippen LogP contribution >= 0.6 is 0 Å². The van der Waals surface area contributed by atoms with Gasteiger partial charge in [-0.1, -0.05) is 42.5 Å². The van der Waals surface area contributed by atoms with Gasteiger partial charge in [-0.2, -0.15) is 0 Å². The third-order valence-electron chi connectivity index (χ3n) is 3.34. The maximum absolute atomic E-state index is 12.4. The number of nitrogens with two attached hydrogens (primary N) is 1. The molecule has 1 atom stereocenters. The third kappa shape index (κ3) is 3.48. The standard InChI is InChI=1S/C17H18N2O2/c1-2-3-11-15(16(18)20)19-17(21)14-10-6-8-12-7-4-5-9-13(12)14/h2,4-10,15H,1,3,11H2,(H2,18,20)(H,19,21)/t15-/m1/s1. The summed E-state index contributed by atoms with van der Waals surface area (Å²) in [5, 5.41) is 4.53. The van der Waals surface area contributed by atoms with Gasteiger partial charge in [0.25, 0.3) is 5.91 Å². The minimum absolute atomic E-state index is 0.292. The van der Waals surface area contributed by atoms with E-state index in [1.165, 1.54) is 0 Å². The summed E-state index contributed by atoms with van der Waals surface area (Å²) in [7, 11) is 0. The molecule has 0 fully saturated rings. The number of carbonyl (C=O) groups excluding carboxylic acids is 2. The lowest BCUT2D eigenvalue weighted by molar-refractivity contribution is -0.119. The van der Waals surface area contributed by atoms with E-state index in [2.05, 4.69) is 11.9 Å². The van der Waals surface area contributed by atoms with Gasteiger partial charge in [0, 0.05) is 5.56 Å². The van der Waals surface area contributed by atoms with Gasteiger partial charge in [0.05, 0.1) is 0 Å². The number of carbonyl (C=O) groups is 2. The van der Waals surface area contributed by atoms with E-state index in [1.807, 2.05) is 36.4 Å². The summed E-state index contributed by atoms with van der Waals surface area (Å²) < 4.78 is 0. The van der Waals surface area contributed by atoms with Crippen LogP contribution in [0.15, 0.2) is 55.1 Å². The molecule has 4 nitrogen and oxygen atoms in total. The summed E-state index contributed by atoms with van der Waals surface area (Å²) in [6, 6.07) is 12.4. The monoisotopic (exact) mass is 282 g/mol. The van der Waals surface area contributed by atoms with Crippen LogP contribution in [0.2, 0.25) is 0 Å². The van der Waals surface area contributed by atoms with Crippen molar-refractivity contribution in [2.45, 2.75) is 18.9 Å². The van der Waals surface area contributed by atoms with Crippen LogP contribution in [0.5, 0.6) is 0 Å². The van der Waals surface area contributed by atoms with Gasteiger partial charge >= 0.3 is 0 Å². The summed E-state index contributed by atoms with van der Waals surface area (Å²) in [6.07, 6.45) is 2.76. The van der Waals surface area contributed by atoms with Crippen molar-refractivity contribution in [3.63, 3.8) is 0 Å². The first-order valence-electron chi connectivity index (χ1n) is 6.82. The Morgan fingerprint density at radius 1 is 1.19 bits per heavy atom. The van der Waals surface area contributed by atoms with E-state index in [4.69, 9.17) is 5.73 Å². The van der Waals surface area contributed by atoms with Crippen LogP contribution in [-0.4, -0.2) is 17.9 Å². The minimum atomic E-state index is -0.686. The first-order valence-corrected chi connectivity index (χ1v) is 6.82. The van der Waals surface area contributed by atoms with Gasteiger partial charge < -0.3 is 11.1 Å². The zero-order valence-corrected chi connectivity index (χ0v) is 11.7. The van der Waals surface area contributed by atoms with Crippen LogP contribution in [0.3, 0.4) is 0 Å². The van der Waals surface area contributed by atoms with Crippen LogP contribution in [0.25, 0.3) is 10.8 Å². The number of hydrogen-bond acceptors (Lipinski definition) is 2. The van der Waals surface area contributed by atoms with Gasteiger partial charge in [-0.25, -0.2) is 0 Å². The highest BCUT2D eigenvalue weighted by Crippen LogP contribution is 2.18. The predicted molar refractivity (Wildman–Crippen MR) is 83.8 cm³/mol. The molecular formula is C17H18N2O2. The fourth-order valence-electron chi connectivity index (χ4n) is 2.23. The number of allylic oxidation sites excluding steroid dienone is 1. The Morgan fingerprint density at radius 2 is 1.90 bits per heavy atom. The van der Waals surface area contributed by atoms with Crippen molar-refractivity contribution < 1.29 is 9.59 Å². The normalized spacial score (nSPS) is 11.8. The Morgan fingerprint density at radius 3 is 2.62 bits per heavy atom. The minimum Gasteiger partial charge on any atom is -0.368 e. The third-order valence-corrected chi connectivity index (χ3v) is 3.34. The lowest BCUT2D eigenvalue weighted by Gasteiger charge is -2.15. The Hall–Kier alpha value is -2.62. The molecule has 0 unspecified atom stereocenters. The zero-order chi connectivity index (χ0) is 15.2. The van der Waals surface area contributed by atoms with E-state index in [1.54, 1.807) is 12.1 Å². The largest absolute Gasteiger partial charge is 0.368 e. The van der Waals surface area contributed by atoms with Gasteiger partial charge in [0.2, 0.25) is 5.91 Å². The first-order chi connectivity index (χ1) is 10.1. The molecule has 0 saturated heterocycles. The molecule has 0 aliphatic heterocycles. The van der Waals surface area contributed by atoms with E-state index >= 15 is 0 Å². The topological polar surface area (TPSA) is 72.2 Å². The molecule has 0 heterocycles. The fourth-order valence-corrected chi connectivity index (χ4v) is 2.23. The second kappa shape index (κ2) is 6.70. The predicted octanol–water partition coefficient (Wildman–Crippen LogP) is 2.39. The van der Waals surface area contributed by atoms with Crippen molar-refractivity contribution in [3.8, 4) is 0 Å². The lowest BCUT2D eigenvalue weighted by atomic mass is 10.0. The first kappa shape index (κ1) is 14.8. The highest BCUT2D eigenvalue weighted by atomic mass is 16.2. The summed E-state index contributed by atoms with van der Waals surface area (Å²) in [6.45, 7) is 3.61. The van der Waals surface area contributed by atoms with Crippen molar-refractivity contribution in [1.82, 2.24) is 5.32 Å². The van der Waals surface area contributed by atoms with Crippen LogP contribution in [0.4, 0.5) is 0 Å². The Labute approximate surface area is 123 Å². The van der Waals surface area contributed by atoms with Crippen molar-refractivity contribution in [1.29, 1.82) is 0 Å². The molecule has 2 aromatic carbocycles. The molecular weight excluding hydrogens is 264 g/mol. The molecule has 0 aromatic heterocycles. The molecule has 108 valence electrons. The number of amides is 2. The quantitative estimate of drug-likeness (QED) is 0.798. The molecule has 2 amide bonds. The summed E-state index contributed by atoms with van der Waals surface area (Å²) in [4.78, 5) is 23.8. The molecule has 0 aliphatic carbocycles. The number of rotatable bonds is 6. The Bertz CT molecular complexity index is 674. The summed E-state index contributed by atoms with van der Waals surface area (Å²) in [5.41, 5.74) is 5.87. The van der Waals surface area contributed by atoms with E-state index in [0.717, 1.165) is 10.8 Å². The molecule has 0 saturated carbocycles. The van der Waals surface area contributed by atoms with E-state index in [0.29, 0.717) is 18.4 Å². The number of benzene rings is 2. The second-order valence-corrected chi connectivity index (χ2v) is 4.82. The number of primary amides is 1. The molecule has 2 rings (SSSR count). The molecule has 3 N–H and O–H groups in total. The van der Waals surface area contributed by atoms with Gasteiger partial charge in [-0.15, -0.1) is 6.58 Å². The van der Waals surface area contributed by atoms with Gasteiger partial charge in [0.1, 0.15) is 6.04 Å². The maximum atomic E-state index is 12.4.